The van der Waals surface area contributed by atoms with Crippen molar-refractivity contribution in [2.75, 3.05) is 20.1 Å². The molecule has 1 aliphatic heterocycles. The summed E-state index contributed by atoms with van der Waals surface area (Å²) in [5.41, 5.74) is 0. The van der Waals surface area contributed by atoms with E-state index in [1.807, 2.05) is 0 Å². The number of rotatable bonds is 0. The first kappa shape index (κ1) is 9.49. The Kier molecular flexibility index (Phi) is 6.97. The van der Waals surface area contributed by atoms with Crippen LogP contribution >= 0.6 is 0 Å². The maximum absolute atomic E-state index is 2.36. The van der Waals surface area contributed by atoms with Gasteiger partial charge in [0, 0.05) is 0 Å². The van der Waals surface area contributed by atoms with Crippen LogP contribution in [-0.2, 0) is 0 Å². The van der Waals surface area contributed by atoms with Gasteiger partial charge in [0.1, 0.15) is 0 Å². The van der Waals surface area contributed by atoms with Gasteiger partial charge in [-0.15, -0.1) is 0 Å². The molecule has 1 fully saturated rings. The molecule has 0 aromatic rings. The normalized spacial score (nSPS) is 18.1. The van der Waals surface area contributed by atoms with Gasteiger partial charge in [-0.05, 0) is 33.0 Å². The van der Waals surface area contributed by atoms with Gasteiger partial charge in [-0.3, -0.25) is 0 Å². The van der Waals surface area contributed by atoms with Gasteiger partial charge in [-0.25, -0.2) is 0 Å². The van der Waals surface area contributed by atoms with Crippen LogP contribution in [0.2, 0.25) is 11.6 Å². The van der Waals surface area contributed by atoms with Crippen molar-refractivity contribution < 1.29 is 1.43 Å². The molecule has 2 heteroatoms. The zero-order chi connectivity index (χ0) is 7.11. The van der Waals surface area contributed by atoms with Crippen molar-refractivity contribution in [3.05, 3.63) is 0 Å². The van der Waals surface area contributed by atoms with E-state index in [0.717, 1.165) is 15.2 Å². The molecule has 1 aliphatic rings. The summed E-state index contributed by atoms with van der Waals surface area (Å²) in [6.07, 6.45) is 2.83. The fourth-order valence-corrected chi connectivity index (χ4v) is 0.875. The van der Waals surface area contributed by atoms with Gasteiger partial charge in [-0.1, -0.05) is 0 Å². The predicted molar refractivity (Wildman–Crippen MR) is 45.3 cm³/mol. The number of nitrogens with zero attached hydrogens (tertiary/aromatic N) is 1. The molecular formula is C7H18AlN. The van der Waals surface area contributed by atoms with Crippen molar-refractivity contribution in [1.82, 2.24) is 4.90 Å². The molecule has 54 valence electrons. The summed E-state index contributed by atoms with van der Waals surface area (Å²) in [7, 11) is 2.17. The molecule has 1 rings (SSSR count). The third-order valence-electron chi connectivity index (χ3n) is 1.33. The molecule has 9 heavy (non-hydrogen) atoms. The molecule has 0 saturated carbocycles. The Hall–Kier alpha value is 0.492. The minimum Gasteiger partial charge on any atom is -1.00 e. The number of likely N-dealkylation sites (tertiary alicyclic amines) is 1. The van der Waals surface area contributed by atoms with E-state index in [1.54, 1.807) is 0 Å². The van der Waals surface area contributed by atoms with E-state index < -0.39 is 0 Å². The first-order valence-electron chi connectivity index (χ1n) is 3.73. The van der Waals surface area contributed by atoms with Crippen LogP contribution in [0.5, 0.6) is 0 Å². The van der Waals surface area contributed by atoms with E-state index in [2.05, 4.69) is 23.5 Å². The molecule has 0 bridgehead atoms. The van der Waals surface area contributed by atoms with E-state index in [1.165, 1.54) is 25.9 Å². The molecule has 1 nitrogen and oxygen atoms in total. The second-order valence-electron chi connectivity index (χ2n) is 2.59. The quantitative estimate of drug-likeness (QED) is 0.466. The first-order valence-corrected chi connectivity index (χ1v) is 6.04. The molecule has 0 aromatic carbocycles. The second kappa shape index (κ2) is 6.61. The van der Waals surface area contributed by atoms with Gasteiger partial charge in [0.25, 0.3) is 0 Å². The minimum absolute atomic E-state index is 0. The summed E-state index contributed by atoms with van der Waals surface area (Å²) in [6.45, 7) is 2.64. The van der Waals surface area contributed by atoms with Gasteiger partial charge < -0.3 is 6.33 Å². The van der Waals surface area contributed by atoms with Crippen molar-refractivity contribution in [2.24, 2.45) is 0 Å². The van der Waals surface area contributed by atoms with E-state index in [0.29, 0.717) is 0 Å². The van der Waals surface area contributed by atoms with Crippen LogP contribution in [-0.4, -0.2) is 40.3 Å². The van der Waals surface area contributed by atoms with Crippen molar-refractivity contribution in [3.8, 4) is 0 Å². The molecule has 0 unspecified atom stereocenters. The molecule has 0 N–H and O–H groups in total. The maximum atomic E-state index is 2.36. The molecule has 0 spiro atoms. The summed E-state index contributed by atoms with van der Waals surface area (Å²) in [5.74, 6) is 4.42. The van der Waals surface area contributed by atoms with Crippen molar-refractivity contribution in [2.45, 2.75) is 24.4 Å². The summed E-state index contributed by atoms with van der Waals surface area (Å²) in [6, 6.07) is 0. The van der Waals surface area contributed by atoms with Gasteiger partial charge in [0.2, 0.25) is 0 Å². The third-order valence-corrected chi connectivity index (χ3v) is 1.33. The average molecular weight is 143 g/mol. The molecule has 1 heterocycles. The van der Waals surface area contributed by atoms with Crippen LogP contribution in [0.1, 0.15) is 14.3 Å². The van der Waals surface area contributed by atoms with Crippen LogP contribution < -0.4 is 0 Å². The Morgan fingerprint density at radius 3 is 1.67 bits per heavy atom. The van der Waals surface area contributed by atoms with Crippen molar-refractivity contribution >= 4 is 15.2 Å². The Morgan fingerprint density at radius 2 is 1.56 bits per heavy atom. The largest absolute Gasteiger partial charge is 1.00 e. The van der Waals surface area contributed by atoms with Crippen LogP contribution in [0.4, 0.5) is 0 Å². The maximum Gasteiger partial charge on any atom is -1.00 e. The van der Waals surface area contributed by atoms with Crippen molar-refractivity contribution in [1.29, 1.82) is 0 Å². The Morgan fingerprint density at radius 1 is 1.22 bits per heavy atom. The number of hydrogen-bond acceptors (Lipinski definition) is 1. The van der Waals surface area contributed by atoms with Gasteiger partial charge in [-0.2, -0.15) is 0 Å². The minimum atomic E-state index is 0. The van der Waals surface area contributed by atoms with Crippen LogP contribution in [0.25, 0.3) is 0 Å². The summed E-state index contributed by atoms with van der Waals surface area (Å²) < 4.78 is 0. The van der Waals surface area contributed by atoms with E-state index in [9.17, 15) is 0 Å². The first-order chi connectivity index (χ1) is 4.31. The fraction of sp³-hybridized carbons (Fsp3) is 1.00. The van der Waals surface area contributed by atoms with Crippen LogP contribution in [0.3, 0.4) is 0 Å². The molecule has 0 aliphatic carbocycles. The third kappa shape index (κ3) is 6.38. The summed E-state index contributed by atoms with van der Waals surface area (Å²) in [4.78, 5) is 2.36. The molecule has 0 amide bonds. The predicted octanol–water partition coefficient (Wildman–Crippen LogP) is 1.61. The van der Waals surface area contributed by atoms with Crippen LogP contribution in [0.15, 0.2) is 0 Å². The van der Waals surface area contributed by atoms with E-state index in [4.69, 9.17) is 0 Å². The van der Waals surface area contributed by atoms with Crippen LogP contribution in [0, 0.1) is 0 Å². The van der Waals surface area contributed by atoms with Crippen molar-refractivity contribution in [3.63, 3.8) is 0 Å². The Labute approximate surface area is 66.6 Å². The SMILES string of the molecule is CN1CCCC1.[CH3][Al+][CH3].[H-]. The zero-order valence-electron chi connectivity index (χ0n) is 7.85. The molecule has 0 atom stereocenters. The standard InChI is InChI=1S/C5H11N.2CH3.Al.H/c1-6-4-2-3-5-6;;;;/h2-5H2,1H3;2*1H3;;/q;;;+1;-1. The van der Waals surface area contributed by atoms with Gasteiger partial charge in [0.15, 0.2) is 0 Å². The molecule has 0 radical (unpaired) electrons. The zero-order valence-corrected chi connectivity index (χ0v) is 8.01. The monoisotopic (exact) mass is 143 g/mol. The molecule has 1 saturated heterocycles. The summed E-state index contributed by atoms with van der Waals surface area (Å²) in [5, 5.41) is 0. The van der Waals surface area contributed by atoms with Gasteiger partial charge in [0.05, 0.1) is 0 Å². The van der Waals surface area contributed by atoms with Gasteiger partial charge >= 0.3 is 26.8 Å². The number of hydrogen-bond donors (Lipinski definition) is 0. The van der Waals surface area contributed by atoms with E-state index >= 15 is 0 Å². The topological polar surface area (TPSA) is 3.24 Å². The molecule has 0 aromatic heterocycles. The Bertz CT molecular complexity index is 55.6. The fourth-order valence-electron chi connectivity index (χ4n) is 0.875. The van der Waals surface area contributed by atoms with E-state index in [-0.39, 0.29) is 1.43 Å². The smallest absolute Gasteiger partial charge is 1.00 e. The average Bonchev–Trinajstić information content (AvgIpc) is 2.20. The summed E-state index contributed by atoms with van der Waals surface area (Å²) >= 11 is 0.750. The molecular weight excluding hydrogens is 125 g/mol. The second-order valence-corrected chi connectivity index (χ2v) is 3.74. The Balaban J connectivity index is 0.